The van der Waals surface area contributed by atoms with E-state index in [0.717, 1.165) is 29.2 Å². The molecular weight excluding hydrogens is 309 g/mol. The van der Waals surface area contributed by atoms with Gasteiger partial charge in [-0.2, -0.15) is 0 Å². The van der Waals surface area contributed by atoms with E-state index in [1.54, 1.807) is 23.3 Å². The van der Waals surface area contributed by atoms with Crippen LogP contribution < -0.4 is 5.32 Å². The van der Waals surface area contributed by atoms with Crippen LogP contribution in [-0.4, -0.2) is 13.6 Å². The van der Waals surface area contributed by atoms with Crippen LogP contribution in [0.3, 0.4) is 0 Å². The minimum Gasteiger partial charge on any atom is -0.316 e. The van der Waals surface area contributed by atoms with Gasteiger partial charge in [-0.05, 0) is 84.7 Å². The van der Waals surface area contributed by atoms with E-state index in [1.807, 2.05) is 13.1 Å². The van der Waals surface area contributed by atoms with Crippen molar-refractivity contribution in [1.29, 1.82) is 0 Å². The van der Waals surface area contributed by atoms with Gasteiger partial charge in [0.2, 0.25) is 0 Å². The van der Waals surface area contributed by atoms with Crippen molar-refractivity contribution >= 4 is 28.8 Å². The van der Waals surface area contributed by atoms with Gasteiger partial charge < -0.3 is 5.32 Å². The van der Waals surface area contributed by atoms with Gasteiger partial charge >= 0.3 is 0 Å². The van der Waals surface area contributed by atoms with Crippen LogP contribution in [-0.2, 0) is 0 Å². The molecule has 0 unspecified atom stereocenters. The molecule has 0 saturated heterocycles. The van der Waals surface area contributed by atoms with E-state index >= 15 is 0 Å². The predicted molar refractivity (Wildman–Crippen MR) is 97.4 cm³/mol. The molecule has 122 valence electrons. The normalized spacial score (nSPS) is 23.2. The Morgan fingerprint density at radius 2 is 1.87 bits per heavy atom. The van der Waals surface area contributed by atoms with E-state index in [1.165, 1.54) is 31.2 Å². The lowest BCUT2D eigenvalue weighted by Crippen LogP contribution is -2.19. The summed E-state index contributed by atoms with van der Waals surface area (Å²) in [6.45, 7) is 0.990. The molecule has 0 aromatic heterocycles. The fraction of sp³-hybridized carbons (Fsp3) is 0.400. The van der Waals surface area contributed by atoms with E-state index < -0.39 is 0 Å². The molecule has 4 rings (SSSR count). The van der Waals surface area contributed by atoms with Gasteiger partial charge in [0.25, 0.3) is 0 Å². The topological polar surface area (TPSA) is 12.0 Å². The molecule has 23 heavy (non-hydrogen) atoms. The molecule has 0 radical (unpaired) electrons. The molecule has 0 spiro atoms. The summed E-state index contributed by atoms with van der Waals surface area (Å²) in [6.07, 6.45) is 5.30. The van der Waals surface area contributed by atoms with Gasteiger partial charge in [0.1, 0.15) is 5.82 Å². The molecule has 1 nitrogen and oxygen atoms in total. The van der Waals surface area contributed by atoms with Gasteiger partial charge in [-0.1, -0.05) is 23.8 Å². The first-order chi connectivity index (χ1) is 10.7. The SMILES string of the molecule is CNCC1=C(c2ccc3cc(F)ccc3c2)[C@H]2CC[C@H](C1)C2.Cl. The van der Waals surface area contributed by atoms with Crippen LogP contribution in [0.25, 0.3) is 16.3 Å². The number of likely N-dealkylation sites (N-methyl/N-ethyl adjacent to an activating group) is 1. The number of hydrogen-bond acceptors (Lipinski definition) is 1. The van der Waals surface area contributed by atoms with Gasteiger partial charge in [-0.15, -0.1) is 12.4 Å². The van der Waals surface area contributed by atoms with E-state index in [2.05, 4.69) is 23.5 Å². The van der Waals surface area contributed by atoms with Crippen molar-refractivity contribution in [3.8, 4) is 0 Å². The average molecular weight is 332 g/mol. The van der Waals surface area contributed by atoms with Crippen LogP contribution in [0.5, 0.6) is 0 Å². The maximum Gasteiger partial charge on any atom is 0.123 e. The standard InChI is InChI=1S/C20H22FN.ClH/c1-22-12-18-9-13-2-3-16(8-13)20(18)17-5-4-15-11-19(21)7-6-14(15)10-17;/h4-7,10-11,13,16,22H,2-3,8-9,12H2,1H3;1H/t13-,16-;/m0./s1. The Labute approximate surface area is 143 Å². The van der Waals surface area contributed by atoms with Crippen LogP contribution in [0.2, 0.25) is 0 Å². The fourth-order valence-corrected chi connectivity index (χ4v) is 4.47. The zero-order valence-electron chi connectivity index (χ0n) is 13.4. The highest BCUT2D eigenvalue weighted by Crippen LogP contribution is 2.49. The number of rotatable bonds is 3. The Balaban J connectivity index is 0.00000156. The van der Waals surface area contributed by atoms with Gasteiger partial charge in [0.15, 0.2) is 0 Å². The summed E-state index contributed by atoms with van der Waals surface area (Å²) >= 11 is 0. The Kier molecular flexibility index (Phi) is 4.74. The van der Waals surface area contributed by atoms with Crippen molar-refractivity contribution in [2.24, 2.45) is 11.8 Å². The molecule has 2 aromatic carbocycles. The lowest BCUT2D eigenvalue weighted by atomic mass is 9.79. The Morgan fingerprint density at radius 3 is 2.70 bits per heavy atom. The summed E-state index contributed by atoms with van der Waals surface area (Å²) < 4.78 is 13.4. The van der Waals surface area contributed by atoms with Crippen molar-refractivity contribution < 1.29 is 4.39 Å². The van der Waals surface area contributed by atoms with Crippen LogP contribution in [0, 0.1) is 17.7 Å². The lowest BCUT2D eigenvalue weighted by molar-refractivity contribution is 0.502. The highest BCUT2D eigenvalue weighted by Gasteiger charge is 2.34. The Hall–Kier alpha value is -1.38. The highest BCUT2D eigenvalue weighted by molar-refractivity contribution is 5.87. The number of benzene rings is 2. The molecule has 1 saturated carbocycles. The Morgan fingerprint density at radius 1 is 1.09 bits per heavy atom. The molecule has 2 aliphatic carbocycles. The van der Waals surface area contributed by atoms with Crippen molar-refractivity contribution in [2.45, 2.75) is 25.7 Å². The van der Waals surface area contributed by atoms with Crippen LogP contribution in [0.15, 0.2) is 42.0 Å². The first kappa shape index (κ1) is 16.5. The number of allylic oxidation sites excluding steroid dienone is 1. The second-order valence-corrected chi connectivity index (χ2v) is 6.83. The van der Waals surface area contributed by atoms with E-state index in [9.17, 15) is 4.39 Å². The molecule has 2 bridgehead atoms. The number of hydrogen-bond donors (Lipinski definition) is 1. The summed E-state index contributed by atoms with van der Waals surface area (Å²) in [5, 5.41) is 5.46. The molecule has 1 fully saturated rings. The van der Waals surface area contributed by atoms with Crippen molar-refractivity contribution in [3.05, 3.63) is 53.4 Å². The molecule has 2 atom stereocenters. The molecule has 2 aliphatic rings. The number of fused-ring (bicyclic) bond motifs is 3. The molecule has 0 amide bonds. The van der Waals surface area contributed by atoms with Crippen molar-refractivity contribution in [3.63, 3.8) is 0 Å². The number of nitrogens with one attached hydrogen (secondary N) is 1. The van der Waals surface area contributed by atoms with Crippen molar-refractivity contribution in [1.82, 2.24) is 5.32 Å². The molecule has 2 aromatic rings. The van der Waals surface area contributed by atoms with Gasteiger partial charge in [0.05, 0.1) is 0 Å². The molecule has 1 N–H and O–H groups in total. The molecular formula is C20H23ClFN. The minimum atomic E-state index is -0.161. The van der Waals surface area contributed by atoms with Gasteiger partial charge in [-0.25, -0.2) is 4.39 Å². The largest absolute Gasteiger partial charge is 0.316 e. The van der Waals surface area contributed by atoms with Crippen molar-refractivity contribution in [2.75, 3.05) is 13.6 Å². The quantitative estimate of drug-likeness (QED) is 0.815. The smallest absolute Gasteiger partial charge is 0.123 e. The molecule has 0 heterocycles. The van der Waals surface area contributed by atoms with Crippen LogP contribution in [0.4, 0.5) is 4.39 Å². The number of halogens is 2. The first-order valence-electron chi connectivity index (χ1n) is 8.31. The third-order valence-corrected chi connectivity index (χ3v) is 5.37. The molecule has 0 aliphatic heterocycles. The third-order valence-electron chi connectivity index (χ3n) is 5.37. The van der Waals surface area contributed by atoms with Gasteiger partial charge in [-0.3, -0.25) is 0 Å². The third kappa shape index (κ3) is 3.02. The summed E-state index contributed by atoms with van der Waals surface area (Å²) in [6, 6.07) is 11.6. The maximum absolute atomic E-state index is 13.4. The lowest BCUT2D eigenvalue weighted by Gasteiger charge is -2.27. The summed E-state index contributed by atoms with van der Waals surface area (Å²) in [4.78, 5) is 0. The zero-order valence-corrected chi connectivity index (χ0v) is 14.3. The van der Waals surface area contributed by atoms with E-state index in [4.69, 9.17) is 0 Å². The minimum absolute atomic E-state index is 0. The summed E-state index contributed by atoms with van der Waals surface area (Å²) in [7, 11) is 2.03. The summed E-state index contributed by atoms with van der Waals surface area (Å²) in [5.74, 6) is 1.46. The average Bonchev–Trinajstić information content (AvgIpc) is 2.89. The van der Waals surface area contributed by atoms with Crippen LogP contribution >= 0.6 is 12.4 Å². The predicted octanol–water partition coefficient (Wildman–Crippen LogP) is 5.19. The second-order valence-electron chi connectivity index (χ2n) is 6.83. The molecule has 3 heteroatoms. The van der Waals surface area contributed by atoms with Gasteiger partial charge in [0, 0.05) is 6.54 Å². The van der Waals surface area contributed by atoms with E-state index in [-0.39, 0.29) is 18.2 Å². The monoisotopic (exact) mass is 331 g/mol. The fourth-order valence-electron chi connectivity index (χ4n) is 4.47. The second kappa shape index (κ2) is 6.62. The highest BCUT2D eigenvalue weighted by atomic mass is 35.5. The first-order valence-corrected chi connectivity index (χ1v) is 8.31. The zero-order chi connectivity index (χ0) is 15.1. The maximum atomic E-state index is 13.4. The van der Waals surface area contributed by atoms with Crippen LogP contribution in [0.1, 0.15) is 31.2 Å². The summed E-state index contributed by atoms with van der Waals surface area (Å²) in [5.41, 5.74) is 4.49. The van der Waals surface area contributed by atoms with E-state index in [0.29, 0.717) is 0 Å². The Bertz CT molecular complexity index is 752.